The standard InChI is InChI=1S/C31H26ClF4N5O3/c32-23-7-2-1-6-22(23)27(28(42)39-20-8-11-31(35,36)12-9-20)40(21-5-3-4-19(33)15-21)30(44)25-16-24(34)29(43)41(25)26-14-18(17-37)10-13-38-26/h1-7,10,13-15,20,24-25,27H,8-9,11-12,16H2,(H,39,42). The highest BCUT2D eigenvalue weighted by Crippen LogP contribution is 2.38. The highest BCUT2D eigenvalue weighted by molar-refractivity contribution is 6.31. The van der Waals surface area contributed by atoms with Crippen LogP contribution in [0.1, 0.15) is 49.3 Å². The summed E-state index contributed by atoms with van der Waals surface area (Å²) in [5.74, 6) is -6.59. The first-order valence-electron chi connectivity index (χ1n) is 13.8. The number of halogens is 5. The second-order valence-electron chi connectivity index (χ2n) is 10.7. The number of hydrogen-bond acceptors (Lipinski definition) is 5. The van der Waals surface area contributed by atoms with Crippen LogP contribution in [0.5, 0.6) is 0 Å². The number of nitrogens with zero attached hydrogens (tertiary/aromatic N) is 4. The van der Waals surface area contributed by atoms with Gasteiger partial charge < -0.3 is 5.32 Å². The third-order valence-corrected chi connectivity index (χ3v) is 8.09. The molecule has 0 spiro atoms. The first kappa shape index (κ1) is 30.9. The van der Waals surface area contributed by atoms with Crippen LogP contribution in [0.2, 0.25) is 5.02 Å². The van der Waals surface area contributed by atoms with Crippen molar-refractivity contribution < 1.29 is 31.9 Å². The van der Waals surface area contributed by atoms with Crippen molar-refractivity contribution >= 4 is 40.8 Å². The number of carbonyl (C=O) groups is 3. The fourth-order valence-electron chi connectivity index (χ4n) is 5.56. The van der Waals surface area contributed by atoms with Crippen molar-refractivity contribution in [2.75, 3.05) is 9.80 Å². The van der Waals surface area contributed by atoms with E-state index in [9.17, 15) is 32.8 Å². The van der Waals surface area contributed by atoms with Crippen LogP contribution in [0.4, 0.5) is 29.1 Å². The molecule has 3 atom stereocenters. The summed E-state index contributed by atoms with van der Waals surface area (Å²) in [6, 6.07) is 11.6. The predicted octanol–water partition coefficient (Wildman–Crippen LogP) is 5.66. The van der Waals surface area contributed by atoms with Gasteiger partial charge in [0.2, 0.25) is 11.8 Å². The summed E-state index contributed by atoms with van der Waals surface area (Å²) in [6.45, 7) is 0. The van der Waals surface area contributed by atoms with E-state index >= 15 is 4.39 Å². The van der Waals surface area contributed by atoms with E-state index in [1.54, 1.807) is 12.1 Å². The van der Waals surface area contributed by atoms with Crippen LogP contribution in [0, 0.1) is 17.1 Å². The summed E-state index contributed by atoms with van der Waals surface area (Å²) in [5, 5.41) is 12.2. The molecule has 0 bridgehead atoms. The average Bonchev–Trinajstić information content (AvgIpc) is 3.30. The van der Waals surface area contributed by atoms with Gasteiger partial charge in [-0.15, -0.1) is 0 Å². The molecular formula is C31H26ClF4N5O3. The Morgan fingerprint density at radius 2 is 1.84 bits per heavy atom. The maximum absolute atomic E-state index is 15.0. The monoisotopic (exact) mass is 627 g/mol. The lowest BCUT2D eigenvalue weighted by Crippen LogP contribution is -2.53. The summed E-state index contributed by atoms with van der Waals surface area (Å²) in [7, 11) is 0. The number of amides is 3. The van der Waals surface area contributed by atoms with Crippen molar-refractivity contribution in [3.05, 3.63) is 88.8 Å². The van der Waals surface area contributed by atoms with Crippen molar-refractivity contribution in [1.29, 1.82) is 5.26 Å². The molecule has 5 rings (SSSR count). The van der Waals surface area contributed by atoms with Crippen molar-refractivity contribution in [3.63, 3.8) is 0 Å². The third-order valence-electron chi connectivity index (χ3n) is 7.75. The molecule has 228 valence electrons. The minimum absolute atomic E-state index is 0.0166. The van der Waals surface area contributed by atoms with Gasteiger partial charge in [0.25, 0.3) is 11.8 Å². The second kappa shape index (κ2) is 12.6. The maximum Gasteiger partial charge on any atom is 0.263 e. The van der Waals surface area contributed by atoms with E-state index in [2.05, 4.69) is 10.3 Å². The second-order valence-corrected chi connectivity index (χ2v) is 11.1. The number of nitriles is 1. The SMILES string of the molecule is N#Cc1ccnc(N2C(=O)C(F)CC2C(=O)N(c2cccc(F)c2)C(C(=O)NC2CCC(F)(F)CC2)c2ccccc2Cl)c1. The Kier molecular flexibility index (Phi) is 8.87. The van der Waals surface area contributed by atoms with E-state index < -0.39 is 73.0 Å². The number of alkyl halides is 3. The molecule has 1 aliphatic heterocycles. The number of rotatable bonds is 7. The molecule has 3 aromatic rings. The normalized spacial score (nSPS) is 20.5. The van der Waals surface area contributed by atoms with Crippen LogP contribution in [-0.2, 0) is 14.4 Å². The van der Waals surface area contributed by atoms with Gasteiger partial charge in [-0.2, -0.15) is 5.26 Å². The molecule has 13 heteroatoms. The summed E-state index contributed by atoms with van der Waals surface area (Å²) in [5.41, 5.74) is 0.131. The molecular weight excluding hydrogens is 602 g/mol. The molecule has 1 N–H and O–H groups in total. The molecule has 44 heavy (non-hydrogen) atoms. The minimum Gasteiger partial charge on any atom is -0.351 e. The summed E-state index contributed by atoms with van der Waals surface area (Å²) >= 11 is 6.52. The Morgan fingerprint density at radius 3 is 2.52 bits per heavy atom. The fraction of sp³-hybridized carbons (Fsp3) is 0.323. The summed E-state index contributed by atoms with van der Waals surface area (Å²) < 4.78 is 57.3. The van der Waals surface area contributed by atoms with Gasteiger partial charge in [0.15, 0.2) is 6.17 Å². The molecule has 1 saturated heterocycles. The fourth-order valence-corrected chi connectivity index (χ4v) is 5.80. The van der Waals surface area contributed by atoms with E-state index in [1.807, 2.05) is 6.07 Å². The lowest BCUT2D eigenvalue weighted by Gasteiger charge is -2.37. The quantitative estimate of drug-likeness (QED) is 0.341. The largest absolute Gasteiger partial charge is 0.351 e. The molecule has 1 saturated carbocycles. The number of nitrogens with one attached hydrogen (secondary N) is 1. The minimum atomic E-state index is -2.86. The Bertz CT molecular complexity index is 1620. The van der Waals surface area contributed by atoms with E-state index in [0.717, 1.165) is 21.9 Å². The Morgan fingerprint density at radius 1 is 1.11 bits per heavy atom. The third kappa shape index (κ3) is 6.38. The maximum atomic E-state index is 15.0. The topological polar surface area (TPSA) is 106 Å². The lowest BCUT2D eigenvalue weighted by atomic mass is 9.91. The molecule has 8 nitrogen and oxygen atoms in total. The number of carbonyl (C=O) groups excluding carboxylic acids is 3. The molecule has 2 aromatic carbocycles. The molecule has 3 unspecified atom stereocenters. The average molecular weight is 628 g/mol. The first-order valence-corrected chi connectivity index (χ1v) is 14.2. The van der Waals surface area contributed by atoms with Gasteiger partial charge in [0, 0.05) is 47.8 Å². The van der Waals surface area contributed by atoms with Crippen LogP contribution in [0.3, 0.4) is 0 Å². The smallest absolute Gasteiger partial charge is 0.263 e. The van der Waals surface area contributed by atoms with Gasteiger partial charge in [-0.25, -0.2) is 22.5 Å². The van der Waals surface area contributed by atoms with Crippen molar-refractivity contribution in [2.45, 2.75) is 62.3 Å². The zero-order valence-electron chi connectivity index (χ0n) is 23.1. The first-order chi connectivity index (χ1) is 21.0. The van der Waals surface area contributed by atoms with E-state index in [0.29, 0.717) is 0 Å². The van der Waals surface area contributed by atoms with Gasteiger partial charge in [0.1, 0.15) is 23.7 Å². The van der Waals surface area contributed by atoms with Crippen LogP contribution < -0.4 is 15.1 Å². The zero-order chi connectivity index (χ0) is 31.6. The molecule has 1 aliphatic carbocycles. The number of hydrogen-bond donors (Lipinski definition) is 1. The number of benzene rings is 2. The molecule has 0 radical (unpaired) electrons. The lowest BCUT2D eigenvalue weighted by molar-refractivity contribution is -0.128. The van der Waals surface area contributed by atoms with Crippen LogP contribution in [-0.4, -0.2) is 46.9 Å². The summed E-state index contributed by atoms with van der Waals surface area (Å²) in [6.07, 6.45) is -2.40. The number of anilines is 2. The molecule has 2 heterocycles. The Hall–Kier alpha value is -4.50. The molecule has 3 amide bonds. The van der Waals surface area contributed by atoms with Crippen molar-refractivity contribution in [2.24, 2.45) is 0 Å². The molecule has 1 aromatic heterocycles. The van der Waals surface area contributed by atoms with Crippen LogP contribution >= 0.6 is 11.6 Å². The summed E-state index contributed by atoms with van der Waals surface area (Å²) in [4.78, 5) is 47.4. The van der Waals surface area contributed by atoms with E-state index in [4.69, 9.17) is 11.6 Å². The van der Waals surface area contributed by atoms with Gasteiger partial charge in [-0.05, 0) is 49.2 Å². The van der Waals surface area contributed by atoms with Crippen molar-refractivity contribution in [3.8, 4) is 6.07 Å². The van der Waals surface area contributed by atoms with Crippen LogP contribution in [0.25, 0.3) is 0 Å². The van der Waals surface area contributed by atoms with Crippen molar-refractivity contribution in [1.82, 2.24) is 10.3 Å². The number of pyridine rings is 1. The zero-order valence-corrected chi connectivity index (χ0v) is 23.9. The van der Waals surface area contributed by atoms with Gasteiger partial charge in [-0.3, -0.25) is 24.2 Å². The molecule has 2 aliphatic rings. The highest BCUT2D eigenvalue weighted by atomic mass is 35.5. The van der Waals surface area contributed by atoms with Gasteiger partial charge >= 0.3 is 0 Å². The van der Waals surface area contributed by atoms with Gasteiger partial charge in [-0.1, -0.05) is 35.9 Å². The number of aromatic nitrogens is 1. The Labute approximate surface area is 255 Å². The van der Waals surface area contributed by atoms with Crippen LogP contribution in [0.15, 0.2) is 66.9 Å². The molecule has 2 fully saturated rings. The van der Waals surface area contributed by atoms with E-state index in [1.165, 1.54) is 42.6 Å². The van der Waals surface area contributed by atoms with Gasteiger partial charge in [0.05, 0.1) is 11.6 Å². The highest BCUT2D eigenvalue weighted by Gasteiger charge is 2.49. The predicted molar refractivity (Wildman–Crippen MR) is 153 cm³/mol. The van der Waals surface area contributed by atoms with E-state index in [-0.39, 0.29) is 40.5 Å². The Balaban J connectivity index is 1.61.